The first-order valence-electron chi connectivity index (χ1n) is 5.13. The number of nitrogens with two attached hydrogens (primary N) is 1. The molecule has 0 aliphatic heterocycles. The first-order chi connectivity index (χ1) is 8.25. The van der Waals surface area contributed by atoms with E-state index in [0.717, 1.165) is 6.07 Å². The lowest BCUT2D eigenvalue weighted by molar-refractivity contribution is -0.153. The van der Waals surface area contributed by atoms with E-state index in [1.54, 1.807) is 0 Å². The van der Waals surface area contributed by atoms with Gasteiger partial charge in [-0.25, -0.2) is 0 Å². The Balaban J connectivity index is 2.79. The summed E-state index contributed by atoms with van der Waals surface area (Å²) in [6.07, 6.45) is -6.64. The van der Waals surface area contributed by atoms with E-state index in [1.165, 1.54) is 19.2 Å². The summed E-state index contributed by atoms with van der Waals surface area (Å²) in [7, 11) is 1.34. The largest absolute Gasteiger partial charge is 0.504 e. The molecule has 4 N–H and O–H groups in total. The average Bonchev–Trinajstić information content (AvgIpc) is 2.27. The van der Waals surface area contributed by atoms with Crippen LogP contribution < -0.4 is 10.5 Å². The van der Waals surface area contributed by atoms with Gasteiger partial charge < -0.3 is 20.7 Å². The maximum Gasteiger partial charge on any atom is 0.403 e. The van der Waals surface area contributed by atoms with E-state index in [2.05, 4.69) is 0 Å². The van der Waals surface area contributed by atoms with E-state index in [1.807, 2.05) is 0 Å². The molecule has 0 aromatic heterocycles. The van der Waals surface area contributed by atoms with E-state index in [0.29, 0.717) is 0 Å². The molecule has 1 rings (SSSR count). The standard InChI is InChI=1S/C11H14F3NO3/c1-18-9-3-2-6(4-8(9)17)7(16)5-10(15)11(12,13)14/h2-4,7,10,16-17H,5,15H2,1H3/t7-,10+/m0/s1. The zero-order valence-corrected chi connectivity index (χ0v) is 9.61. The van der Waals surface area contributed by atoms with Crippen LogP contribution in [0.15, 0.2) is 18.2 Å². The molecule has 2 atom stereocenters. The fraction of sp³-hybridized carbons (Fsp3) is 0.455. The van der Waals surface area contributed by atoms with E-state index >= 15 is 0 Å². The molecule has 0 aliphatic carbocycles. The van der Waals surface area contributed by atoms with Gasteiger partial charge in [0.15, 0.2) is 11.5 Å². The summed E-state index contributed by atoms with van der Waals surface area (Å²) in [5, 5.41) is 19.1. The van der Waals surface area contributed by atoms with Crippen molar-refractivity contribution in [3.05, 3.63) is 23.8 Å². The number of aromatic hydroxyl groups is 1. The molecule has 0 saturated carbocycles. The second kappa shape index (κ2) is 5.45. The van der Waals surface area contributed by atoms with Gasteiger partial charge in [0.1, 0.15) is 6.04 Å². The number of phenolic OH excluding ortho intramolecular Hbond substituents is 1. The average molecular weight is 265 g/mol. The number of aliphatic hydroxyl groups excluding tert-OH is 1. The predicted molar refractivity (Wildman–Crippen MR) is 58.3 cm³/mol. The summed E-state index contributed by atoms with van der Waals surface area (Å²) in [6.45, 7) is 0. The molecule has 0 saturated heterocycles. The van der Waals surface area contributed by atoms with Gasteiger partial charge in [-0.3, -0.25) is 0 Å². The molecule has 0 fully saturated rings. The maximum absolute atomic E-state index is 12.2. The predicted octanol–water partition coefficient (Wildman–Crippen LogP) is 1.71. The van der Waals surface area contributed by atoms with Crippen molar-refractivity contribution in [1.29, 1.82) is 0 Å². The highest BCUT2D eigenvalue weighted by Crippen LogP contribution is 2.32. The molecule has 0 heterocycles. The summed E-state index contributed by atoms with van der Waals surface area (Å²) < 4.78 is 41.4. The van der Waals surface area contributed by atoms with E-state index < -0.39 is 24.7 Å². The van der Waals surface area contributed by atoms with Gasteiger partial charge in [-0.1, -0.05) is 6.07 Å². The quantitative estimate of drug-likeness (QED) is 0.774. The topological polar surface area (TPSA) is 75.7 Å². The highest BCUT2D eigenvalue weighted by Gasteiger charge is 2.38. The van der Waals surface area contributed by atoms with Gasteiger partial charge in [-0.05, 0) is 17.7 Å². The first-order valence-corrected chi connectivity index (χ1v) is 5.13. The summed E-state index contributed by atoms with van der Waals surface area (Å²) in [6, 6.07) is 1.75. The summed E-state index contributed by atoms with van der Waals surface area (Å²) in [5.74, 6) is -0.0827. The number of methoxy groups -OCH3 is 1. The molecule has 102 valence electrons. The van der Waals surface area contributed by atoms with Crippen molar-refractivity contribution in [2.75, 3.05) is 7.11 Å². The zero-order valence-electron chi connectivity index (χ0n) is 9.61. The fourth-order valence-electron chi connectivity index (χ4n) is 1.42. The smallest absolute Gasteiger partial charge is 0.403 e. The maximum atomic E-state index is 12.2. The first kappa shape index (κ1) is 14.6. The Bertz CT molecular complexity index is 409. The number of hydrogen-bond donors (Lipinski definition) is 3. The summed E-state index contributed by atoms with van der Waals surface area (Å²) >= 11 is 0. The minimum atomic E-state index is -4.56. The van der Waals surface area contributed by atoms with Crippen LogP contribution in [0.25, 0.3) is 0 Å². The molecule has 0 aliphatic rings. The normalized spacial score (nSPS) is 15.2. The number of rotatable bonds is 4. The summed E-state index contributed by atoms with van der Waals surface area (Å²) in [5.41, 5.74) is 5.06. The SMILES string of the molecule is COc1ccc([C@@H](O)C[C@@H](N)C(F)(F)F)cc1O. The summed E-state index contributed by atoms with van der Waals surface area (Å²) in [4.78, 5) is 0. The van der Waals surface area contributed by atoms with Crippen LogP contribution in [-0.2, 0) is 0 Å². The highest BCUT2D eigenvalue weighted by atomic mass is 19.4. The van der Waals surface area contributed by atoms with Crippen molar-refractivity contribution < 1.29 is 28.1 Å². The van der Waals surface area contributed by atoms with Crippen molar-refractivity contribution >= 4 is 0 Å². The van der Waals surface area contributed by atoms with Crippen LogP contribution in [0.1, 0.15) is 18.1 Å². The Hall–Kier alpha value is -1.47. The number of ether oxygens (including phenoxy) is 1. The van der Waals surface area contributed by atoms with Crippen LogP contribution in [0, 0.1) is 0 Å². The van der Waals surface area contributed by atoms with Crippen molar-refractivity contribution in [2.45, 2.75) is 24.7 Å². The molecular formula is C11H14F3NO3. The van der Waals surface area contributed by atoms with Crippen LogP contribution in [0.2, 0.25) is 0 Å². The van der Waals surface area contributed by atoms with Gasteiger partial charge in [-0.2, -0.15) is 13.2 Å². The van der Waals surface area contributed by atoms with Crippen molar-refractivity contribution in [1.82, 2.24) is 0 Å². The number of alkyl halides is 3. The Morgan fingerprint density at radius 2 is 2.00 bits per heavy atom. The molecule has 1 aromatic rings. The number of phenols is 1. The number of benzene rings is 1. The van der Waals surface area contributed by atoms with Crippen LogP contribution in [0.4, 0.5) is 13.2 Å². The third kappa shape index (κ3) is 3.51. The second-order valence-electron chi connectivity index (χ2n) is 3.83. The lowest BCUT2D eigenvalue weighted by Gasteiger charge is -2.19. The monoisotopic (exact) mass is 265 g/mol. The molecule has 0 amide bonds. The van der Waals surface area contributed by atoms with Gasteiger partial charge in [0.25, 0.3) is 0 Å². The van der Waals surface area contributed by atoms with Crippen LogP contribution in [-0.4, -0.2) is 29.5 Å². The number of halogens is 3. The second-order valence-corrected chi connectivity index (χ2v) is 3.83. The molecule has 0 radical (unpaired) electrons. The molecule has 0 spiro atoms. The van der Waals surface area contributed by atoms with Crippen LogP contribution >= 0.6 is 0 Å². The number of aliphatic hydroxyl groups is 1. The van der Waals surface area contributed by atoms with Gasteiger partial charge >= 0.3 is 6.18 Å². The van der Waals surface area contributed by atoms with Gasteiger partial charge in [-0.15, -0.1) is 0 Å². The molecule has 0 bridgehead atoms. The lowest BCUT2D eigenvalue weighted by atomic mass is 10.0. The molecule has 0 unspecified atom stereocenters. The Morgan fingerprint density at radius 3 is 2.44 bits per heavy atom. The fourth-order valence-corrected chi connectivity index (χ4v) is 1.42. The molecule has 18 heavy (non-hydrogen) atoms. The van der Waals surface area contributed by atoms with E-state index in [9.17, 15) is 23.4 Å². The minimum Gasteiger partial charge on any atom is -0.504 e. The Labute approximate surface area is 102 Å². The van der Waals surface area contributed by atoms with E-state index in [4.69, 9.17) is 10.5 Å². The molecule has 1 aromatic carbocycles. The highest BCUT2D eigenvalue weighted by molar-refractivity contribution is 5.42. The molecule has 4 nitrogen and oxygen atoms in total. The third-order valence-electron chi connectivity index (χ3n) is 2.49. The number of hydrogen-bond acceptors (Lipinski definition) is 4. The third-order valence-corrected chi connectivity index (χ3v) is 2.49. The van der Waals surface area contributed by atoms with Gasteiger partial charge in [0, 0.05) is 6.42 Å². The zero-order chi connectivity index (χ0) is 13.9. The lowest BCUT2D eigenvalue weighted by Crippen LogP contribution is -2.38. The Morgan fingerprint density at radius 1 is 1.39 bits per heavy atom. The van der Waals surface area contributed by atoms with Crippen LogP contribution in [0.5, 0.6) is 11.5 Å². The Kier molecular flexibility index (Phi) is 4.42. The molecular weight excluding hydrogens is 251 g/mol. The minimum absolute atomic E-state index is 0.146. The molecule has 7 heteroatoms. The van der Waals surface area contributed by atoms with Crippen molar-refractivity contribution in [3.63, 3.8) is 0 Å². The van der Waals surface area contributed by atoms with Crippen LogP contribution in [0.3, 0.4) is 0 Å². The van der Waals surface area contributed by atoms with Crippen molar-refractivity contribution in [3.8, 4) is 11.5 Å². The van der Waals surface area contributed by atoms with Gasteiger partial charge in [0.2, 0.25) is 0 Å². The van der Waals surface area contributed by atoms with Gasteiger partial charge in [0.05, 0.1) is 13.2 Å². The van der Waals surface area contributed by atoms with E-state index in [-0.39, 0.29) is 17.1 Å². The van der Waals surface area contributed by atoms with Crippen molar-refractivity contribution in [2.24, 2.45) is 5.73 Å².